The van der Waals surface area contributed by atoms with E-state index in [-0.39, 0.29) is 0 Å². The van der Waals surface area contributed by atoms with E-state index in [0.717, 1.165) is 26.2 Å². The van der Waals surface area contributed by atoms with E-state index in [9.17, 15) is 0 Å². The minimum atomic E-state index is 0.559. The van der Waals surface area contributed by atoms with E-state index >= 15 is 0 Å². The third-order valence-electron chi connectivity index (χ3n) is 3.90. The lowest BCUT2D eigenvalue weighted by atomic mass is 10.1. The van der Waals surface area contributed by atoms with E-state index in [0.29, 0.717) is 11.9 Å². The van der Waals surface area contributed by atoms with Gasteiger partial charge < -0.3 is 4.90 Å². The van der Waals surface area contributed by atoms with Crippen molar-refractivity contribution < 1.29 is 0 Å². The van der Waals surface area contributed by atoms with Gasteiger partial charge in [-0.3, -0.25) is 9.88 Å². The highest BCUT2D eigenvalue weighted by molar-refractivity contribution is 6.17. The molecule has 2 heterocycles. The van der Waals surface area contributed by atoms with Gasteiger partial charge in [-0.25, -0.2) is 0 Å². The molecule has 0 aliphatic carbocycles. The largest absolute Gasteiger partial charge is 0.367 e. The number of aromatic nitrogens is 1. The molecule has 18 heavy (non-hydrogen) atoms. The second kappa shape index (κ2) is 6.39. The monoisotopic (exact) mass is 267 g/mol. The van der Waals surface area contributed by atoms with E-state index < -0.39 is 0 Å². The van der Waals surface area contributed by atoms with Crippen molar-refractivity contribution in [2.45, 2.75) is 32.2 Å². The Balaban J connectivity index is 2.01. The molecule has 1 aromatic heterocycles. The van der Waals surface area contributed by atoms with Crippen LogP contribution in [0.2, 0.25) is 0 Å². The van der Waals surface area contributed by atoms with Crippen LogP contribution in [0.5, 0.6) is 0 Å². The molecule has 0 amide bonds. The fourth-order valence-corrected chi connectivity index (χ4v) is 2.70. The van der Waals surface area contributed by atoms with Crippen molar-refractivity contribution in [1.82, 2.24) is 9.88 Å². The maximum atomic E-state index is 5.99. The van der Waals surface area contributed by atoms with Crippen LogP contribution in [-0.2, 0) is 5.88 Å². The van der Waals surface area contributed by atoms with Gasteiger partial charge in [-0.1, -0.05) is 6.92 Å². The molecular weight excluding hydrogens is 246 g/mol. The molecule has 0 spiro atoms. The summed E-state index contributed by atoms with van der Waals surface area (Å²) < 4.78 is 0. The Morgan fingerprint density at radius 3 is 2.67 bits per heavy atom. The second-order valence-corrected chi connectivity index (χ2v) is 5.19. The van der Waals surface area contributed by atoms with Crippen LogP contribution in [0.4, 0.5) is 5.69 Å². The van der Waals surface area contributed by atoms with Gasteiger partial charge in [-0.05, 0) is 25.0 Å². The quantitative estimate of drug-likeness (QED) is 0.782. The van der Waals surface area contributed by atoms with Gasteiger partial charge in [0, 0.05) is 44.3 Å². The van der Waals surface area contributed by atoms with Crippen LogP contribution in [0.3, 0.4) is 0 Å². The lowest BCUT2D eigenvalue weighted by Crippen LogP contribution is -2.49. The molecule has 100 valence electrons. The second-order valence-electron chi connectivity index (χ2n) is 4.92. The molecule has 0 N–H and O–H groups in total. The summed E-state index contributed by atoms with van der Waals surface area (Å²) >= 11 is 5.99. The first-order valence-electron chi connectivity index (χ1n) is 6.74. The molecule has 3 nitrogen and oxygen atoms in total. The molecule has 1 saturated heterocycles. The Morgan fingerprint density at radius 1 is 1.33 bits per heavy atom. The van der Waals surface area contributed by atoms with Crippen molar-refractivity contribution in [3.8, 4) is 0 Å². The molecule has 0 aromatic carbocycles. The smallest absolute Gasteiger partial charge is 0.0598 e. The summed E-state index contributed by atoms with van der Waals surface area (Å²) in [6, 6.07) is 2.71. The number of hydrogen-bond donors (Lipinski definition) is 0. The predicted molar refractivity (Wildman–Crippen MR) is 77.3 cm³/mol. The first-order valence-corrected chi connectivity index (χ1v) is 7.27. The number of pyridine rings is 1. The first-order chi connectivity index (χ1) is 8.76. The summed E-state index contributed by atoms with van der Waals surface area (Å²) in [5.41, 5.74) is 2.39. The van der Waals surface area contributed by atoms with Crippen LogP contribution >= 0.6 is 11.6 Å². The van der Waals surface area contributed by atoms with Crippen molar-refractivity contribution in [2.75, 3.05) is 31.1 Å². The molecule has 1 unspecified atom stereocenters. The molecule has 0 radical (unpaired) electrons. The van der Waals surface area contributed by atoms with Crippen molar-refractivity contribution in [3.63, 3.8) is 0 Å². The fraction of sp³-hybridized carbons (Fsp3) is 0.643. The average Bonchev–Trinajstić information content (AvgIpc) is 2.46. The van der Waals surface area contributed by atoms with Gasteiger partial charge in [0.15, 0.2) is 0 Å². The number of nitrogens with zero attached hydrogens (tertiary/aromatic N) is 3. The zero-order valence-electron chi connectivity index (χ0n) is 11.3. The van der Waals surface area contributed by atoms with Crippen LogP contribution in [0.15, 0.2) is 18.5 Å². The van der Waals surface area contributed by atoms with Crippen LogP contribution in [0.25, 0.3) is 0 Å². The van der Waals surface area contributed by atoms with E-state index in [1.807, 2.05) is 18.5 Å². The molecule has 2 rings (SSSR count). The van der Waals surface area contributed by atoms with Crippen LogP contribution < -0.4 is 4.90 Å². The third kappa shape index (κ3) is 2.96. The summed E-state index contributed by atoms with van der Waals surface area (Å²) in [5, 5.41) is 0. The summed E-state index contributed by atoms with van der Waals surface area (Å²) in [6.07, 6.45) is 4.98. The molecular formula is C14H22ClN3. The third-order valence-corrected chi connectivity index (χ3v) is 4.19. The zero-order valence-corrected chi connectivity index (χ0v) is 12.0. The maximum absolute atomic E-state index is 5.99. The molecule has 1 atom stereocenters. The van der Waals surface area contributed by atoms with Crippen molar-refractivity contribution in [2.24, 2.45) is 0 Å². The minimum Gasteiger partial charge on any atom is -0.367 e. The molecule has 1 aliphatic rings. The average molecular weight is 268 g/mol. The number of anilines is 1. The molecule has 1 fully saturated rings. The van der Waals surface area contributed by atoms with Gasteiger partial charge in [0.05, 0.1) is 11.9 Å². The number of piperazine rings is 1. The molecule has 0 saturated carbocycles. The van der Waals surface area contributed by atoms with E-state index in [1.54, 1.807) is 0 Å². The summed E-state index contributed by atoms with van der Waals surface area (Å²) in [7, 11) is 0. The van der Waals surface area contributed by atoms with Crippen LogP contribution in [-0.4, -0.2) is 42.1 Å². The fourth-order valence-electron chi connectivity index (χ4n) is 2.47. The molecule has 0 bridgehead atoms. The van der Waals surface area contributed by atoms with Gasteiger partial charge in [0.1, 0.15) is 0 Å². The zero-order chi connectivity index (χ0) is 13.0. The molecule has 1 aromatic rings. The summed E-state index contributed by atoms with van der Waals surface area (Å²) in [6.45, 7) is 8.96. The number of alkyl halides is 1. The molecule has 1 aliphatic heterocycles. The van der Waals surface area contributed by atoms with Crippen LogP contribution in [0, 0.1) is 0 Å². The van der Waals surface area contributed by atoms with Gasteiger partial charge in [0.25, 0.3) is 0 Å². The van der Waals surface area contributed by atoms with E-state index in [4.69, 9.17) is 11.6 Å². The van der Waals surface area contributed by atoms with Gasteiger partial charge >= 0.3 is 0 Å². The van der Waals surface area contributed by atoms with E-state index in [1.165, 1.54) is 17.7 Å². The highest BCUT2D eigenvalue weighted by atomic mass is 35.5. The SMILES string of the molecule is CCC(C)N1CCN(c2cnccc2CCl)CC1. The lowest BCUT2D eigenvalue weighted by molar-refractivity contribution is 0.192. The normalized spacial score (nSPS) is 18.9. The van der Waals surface area contributed by atoms with Gasteiger partial charge in [-0.2, -0.15) is 0 Å². The van der Waals surface area contributed by atoms with Gasteiger partial charge in [-0.15, -0.1) is 11.6 Å². The first kappa shape index (κ1) is 13.6. The number of halogens is 1. The number of hydrogen-bond acceptors (Lipinski definition) is 3. The summed E-state index contributed by atoms with van der Waals surface area (Å²) in [5.74, 6) is 0.559. The van der Waals surface area contributed by atoms with Crippen molar-refractivity contribution in [3.05, 3.63) is 24.0 Å². The van der Waals surface area contributed by atoms with Crippen molar-refractivity contribution in [1.29, 1.82) is 0 Å². The Hall–Kier alpha value is -0.800. The van der Waals surface area contributed by atoms with Gasteiger partial charge in [0.2, 0.25) is 0 Å². The van der Waals surface area contributed by atoms with Crippen LogP contribution in [0.1, 0.15) is 25.8 Å². The standard InChI is InChI=1S/C14H22ClN3/c1-3-12(2)17-6-8-18(9-7-17)14-11-16-5-4-13(14)10-15/h4-5,11-12H,3,6-10H2,1-2H3. The Labute approximate surface area is 115 Å². The Bertz CT molecular complexity index is 375. The summed E-state index contributed by atoms with van der Waals surface area (Å²) in [4.78, 5) is 9.19. The highest BCUT2D eigenvalue weighted by Gasteiger charge is 2.21. The Morgan fingerprint density at radius 2 is 2.06 bits per heavy atom. The number of rotatable bonds is 4. The van der Waals surface area contributed by atoms with E-state index in [2.05, 4.69) is 28.6 Å². The predicted octanol–water partition coefficient (Wildman–Crippen LogP) is 2.74. The van der Waals surface area contributed by atoms with Crippen molar-refractivity contribution >= 4 is 17.3 Å². The highest BCUT2D eigenvalue weighted by Crippen LogP contribution is 2.22. The Kier molecular flexibility index (Phi) is 4.84. The minimum absolute atomic E-state index is 0.559. The topological polar surface area (TPSA) is 19.4 Å². The maximum Gasteiger partial charge on any atom is 0.0598 e. The lowest BCUT2D eigenvalue weighted by Gasteiger charge is -2.39. The molecule has 4 heteroatoms.